The monoisotopic (exact) mass is 432 g/mol. The zero-order valence-corrected chi connectivity index (χ0v) is 18.6. The summed E-state index contributed by atoms with van der Waals surface area (Å²) in [6.45, 7) is 8.08. The number of benzene rings is 2. The van der Waals surface area contributed by atoms with Gasteiger partial charge < -0.3 is 24.8 Å². The molecule has 7 heteroatoms. The lowest BCUT2D eigenvalue weighted by Crippen LogP contribution is -2.36. The van der Waals surface area contributed by atoms with Crippen LogP contribution in [0.2, 0.25) is 0 Å². The lowest BCUT2D eigenvalue weighted by molar-refractivity contribution is -0.120. The number of carbonyl (C=O) groups is 1. The van der Waals surface area contributed by atoms with Gasteiger partial charge in [-0.05, 0) is 49.6 Å². The highest BCUT2D eigenvalue weighted by Gasteiger charge is 2.13. The predicted molar refractivity (Wildman–Crippen MR) is 119 cm³/mol. The fourth-order valence-corrected chi connectivity index (χ4v) is 2.82. The largest absolute Gasteiger partial charge is 0.490 e. The highest BCUT2D eigenvalue weighted by Crippen LogP contribution is 2.31. The number of hydrogen-bond donors (Lipinski definition) is 2. The van der Waals surface area contributed by atoms with Crippen molar-refractivity contribution in [3.8, 4) is 17.2 Å². The van der Waals surface area contributed by atoms with E-state index in [2.05, 4.69) is 17.6 Å². The summed E-state index contributed by atoms with van der Waals surface area (Å²) in [4.78, 5) is 12.2. The molecule has 2 N–H and O–H groups in total. The highest BCUT2D eigenvalue weighted by molar-refractivity contribution is 5.78. The Labute approximate surface area is 184 Å². The van der Waals surface area contributed by atoms with Crippen LogP contribution in [0.1, 0.15) is 45.2 Å². The van der Waals surface area contributed by atoms with E-state index < -0.39 is 5.82 Å². The first-order valence-corrected chi connectivity index (χ1v) is 10.8. The van der Waals surface area contributed by atoms with Crippen molar-refractivity contribution in [2.24, 2.45) is 0 Å². The Bertz CT molecular complexity index is 816. The third kappa shape index (κ3) is 8.45. The van der Waals surface area contributed by atoms with Gasteiger partial charge in [0.2, 0.25) is 5.91 Å². The van der Waals surface area contributed by atoms with E-state index >= 15 is 0 Å². The minimum atomic E-state index is -0.400. The number of amides is 1. The van der Waals surface area contributed by atoms with Crippen LogP contribution in [-0.2, 0) is 4.79 Å². The van der Waals surface area contributed by atoms with Crippen LogP contribution in [0.25, 0.3) is 0 Å². The topological polar surface area (TPSA) is 68.8 Å². The van der Waals surface area contributed by atoms with Gasteiger partial charge in [0.05, 0.1) is 25.8 Å². The van der Waals surface area contributed by atoms with Crippen molar-refractivity contribution in [2.45, 2.75) is 39.7 Å². The molecule has 6 nitrogen and oxygen atoms in total. The van der Waals surface area contributed by atoms with E-state index in [1.54, 1.807) is 18.2 Å². The molecular formula is C24H33FN2O4. The molecule has 2 rings (SSSR count). The van der Waals surface area contributed by atoms with Gasteiger partial charge in [-0.3, -0.25) is 4.79 Å². The predicted octanol–water partition coefficient (Wildman–Crippen LogP) is 4.25. The zero-order chi connectivity index (χ0) is 22.5. The molecule has 2 aromatic carbocycles. The molecule has 2 aromatic rings. The number of hydrogen-bond acceptors (Lipinski definition) is 5. The molecule has 1 atom stereocenters. The van der Waals surface area contributed by atoms with Gasteiger partial charge in [-0.2, -0.15) is 0 Å². The van der Waals surface area contributed by atoms with Crippen molar-refractivity contribution in [3.05, 3.63) is 53.8 Å². The molecule has 0 aliphatic rings. The Morgan fingerprint density at radius 2 is 1.61 bits per heavy atom. The van der Waals surface area contributed by atoms with Crippen molar-refractivity contribution in [1.29, 1.82) is 0 Å². The quantitative estimate of drug-likeness (QED) is 0.437. The Morgan fingerprint density at radius 1 is 0.935 bits per heavy atom. The Kier molecular flexibility index (Phi) is 10.6. The summed E-state index contributed by atoms with van der Waals surface area (Å²) >= 11 is 0. The van der Waals surface area contributed by atoms with Gasteiger partial charge in [-0.25, -0.2) is 4.39 Å². The Balaban J connectivity index is 1.79. The van der Waals surface area contributed by atoms with Crippen LogP contribution >= 0.6 is 0 Å². The summed E-state index contributed by atoms with van der Waals surface area (Å²) in [6.07, 6.45) is 1.82. The second kappa shape index (κ2) is 13.5. The van der Waals surface area contributed by atoms with Gasteiger partial charge in [0.25, 0.3) is 0 Å². The molecule has 0 unspecified atom stereocenters. The molecule has 170 valence electrons. The average molecular weight is 433 g/mol. The van der Waals surface area contributed by atoms with Crippen LogP contribution in [0.5, 0.6) is 17.2 Å². The first-order valence-electron chi connectivity index (χ1n) is 10.8. The molecule has 0 aliphatic carbocycles. The van der Waals surface area contributed by atoms with E-state index in [0.717, 1.165) is 18.4 Å². The lowest BCUT2D eigenvalue weighted by Gasteiger charge is -2.18. The summed E-state index contributed by atoms with van der Waals surface area (Å²) in [5, 5.41) is 5.96. The maximum atomic E-state index is 13.5. The molecule has 0 aliphatic heterocycles. The van der Waals surface area contributed by atoms with Crippen LogP contribution in [0.15, 0.2) is 42.5 Å². The van der Waals surface area contributed by atoms with Crippen LogP contribution in [-0.4, -0.2) is 38.8 Å². The number of rotatable bonds is 14. The SMILES string of the molecule is CCCOc1ccc([C@@H](C)NC(=O)CNCCOc2ccccc2F)cc1OCCC. The van der Waals surface area contributed by atoms with Gasteiger partial charge in [0.1, 0.15) is 6.61 Å². The number of ether oxygens (including phenoxy) is 3. The molecule has 0 saturated heterocycles. The molecule has 0 heterocycles. The summed E-state index contributed by atoms with van der Waals surface area (Å²) < 4.78 is 30.4. The van der Waals surface area contributed by atoms with Crippen molar-refractivity contribution in [3.63, 3.8) is 0 Å². The van der Waals surface area contributed by atoms with Crippen molar-refractivity contribution >= 4 is 5.91 Å². The van der Waals surface area contributed by atoms with Crippen molar-refractivity contribution in [2.75, 3.05) is 32.9 Å². The molecule has 0 spiro atoms. The summed E-state index contributed by atoms with van der Waals surface area (Å²) in [5.41, 5.74) is 0.936. The molecule has 0 saturated carbocycles. The summed E-state index contributed by atoms with van der Waals surface area (Å²) in [5.74, 6) is 1.07. The lowest BCUT2D eigenvalue weighted by atomic mass is 10.1. The highest BCUT2D eigenvalue weighted by atomic mass is 19.1. The van der Waals surface area contributed by atoms with E-state index in [1.165, 1.54) is 6.07 Å². The number of halogens is 1. The van der Waals surface area contributed by atoms with Gasteiger partial charge >= 0.3 is 0 Å². The molecule has 31 heavy (non-hydrogen) atoms. The molecule has 0 aromatic heterocycles. The van der Waals surface area contributed by atoms with Gasteiger partial charge in [0.15, 0.2) is 23.1 Å². The Hall–Kier alpha value is -2.80. The second-order valence-electron chi connectivity index (χ2n) is 7.15. The van der Waals surface area contributed by atoms with Crippen molar-refractivity contribution < 1.29 is 23.4 Å². The van der Waals surface area contributed by atoms with Gasteiger partial charge in [-0.1, -0.05) is 32.0 Å². The molecule has 0 radical (unpaired) electrons. The number of carbonyl (C=O) groups excluding carboxylic acids is 1. The third-order valence-corrected chi connectivity index (χ3v) is 4.43. The third-order valence-electron chi connectivity index (χ3n) is 4.43. The summed E-state index contributed by atoms with van der Waals surface area (Å²) in [7, 11) is 0. The van der Waals surface area contributed by atoms with Crippen LogP contribution in [0.4, 0.5) is 4.39 Å². The minimum absolute atomic E-state index is 0.138. The van der Waals surface area contributed by atoms with Crippen LogP contribution < -0.4 is 24.8 Å². The minimum Gasteiger partial charge on any atom is -0.490 e. The maximum Gasteiger partial charge on any atom is 0.234 e. The smallest absolute Gasteiger partial charge is 0.234 e. The van der Waals surface area contributed by atoms with Gasteiger partial charge in [-0.15, -0.1) is 0 Å². The van der Waals surface area contributed by atoms with Crippen molar-refractivity contribution in [1.82, 2.24) is 10.6 Å². The van der Waals surface area contributed by atoms with Crippen LogP contribution in [0.3, 0.4) is 0 Å². The Morgan fingerprint density at radius 3 is 2.32 bits per heavy atom. The first kappa shape index (κ1) is 24.5. The number of nitrogens with one attached hydrogen (secondary N) is 2. The standard InChI is InChI=1S/C24H33FN2O4/c1-4-13-29-22-11-10-19(16-23(22)30-14-5-2)18(3)27-24(28)17-26-12-15-31-21-9-7-6-8-20(21)25/h6-11,16,18,26H,4-5,12-15,17H2,1-3H3,(H,27,28)/t18-/m1/s1. The molecular weight excluding hydrogens is 399 g/mol. The second-order valence-corrected chi connectivity index (χ2v) is 7.15. The molecule has 0 fully saturated rings. The van der Waals surface area contributed by atoms with E-state index in [9.17, 15) is 9.18 Å². The van der Waals surface area contributed by atoms with Gasteiger partial charge in [0, 0.05) is 6.54 Å². The fourth-order valence-electron chi connectivity index (χ4n) is 2.82. The van der Waals surface area contributed by atoms with Crippen LogP contribution in [0, 0.1) is 5.82 Å². The van der Waals surface area contributed by atoms with E-state index in [-0.39, 0.29) is 30.9 Å². The zero-order valence-electron chi connectivity index (χ0n) is 18.6. The average Bonchev–Trinajstić information content (AvgIpc) is 2.77. The van der Waals surface area contributed by atoms with E-state index in [4.69, 9.17) is 14.2 Å². The first-order chi connectivity index (χ1) is 15.0. The normalized spacial score (nSPS) is 11.6. The summed E-state index contributed by atoms with van der Waals surface area (Å²) in [6, 6.07) is 11.8. The van der Waals surface area contributed by atoms with E-state index in [1.807, 2.05) is 32.0 Å². The molecule has 1 amide bonds. The number of para-hydroxylation sites is 1. The fraction of sp³-hybridized carbons (Fsp3) is 0.458. The molecule has 0 bridgehead atoms. The maximum absolute atomic E-state index is 13.5. The van der Waals surface area contributed by atoms with E-state index in [0.29, 0.717) is 31.3 Å².